The van der Waals surface area contributed by atoms with Gasteiger partial charge in [-0.15, -0.1) is 0 Å². The molecule has 27 heavy (non-hydrogen) atoms. The van der Waals surface area contributed by atoms with Crippen LogP contribution in [0, 0.1) is 0 Å². The zero-order valence-corrected chi connectivity index (χ0v) is 14.6. The van der Waals surface area contributed by atoms with E-state index in [4.69, 9.17) is 27.8 Å². The Morgan fingerprint density at radius 1 is 0.815 bits per heavy atom. The number of halogens is 1. The van der Waals surface area contributed by atoms with Crippen molar-refractivity contribution in [2.45, 2.75) is 0 Å². The van der Waals surface area contributed by atoms with Gasteiger partial charge in [-0.05, 0) is 24.3 Å². The highest BCUT2D eigenvalue weighted by Crippen LogP contribution is 2.47. The number of benzene rings is 3. The zero-order valence-electron chi connectivity index (χ0n) is 13.8. The second kappa shape index (κ2) is 6.03. The fourth-order valence-electron chi connectivity index (χ4n) is 3.09. The maximum absolute atomic E-state index is 13.0. The van der Waals surface area contributed by atoms with E-state index >= 15 is 0 Å². The lowest BCUT2D eigenvalue weighted by atomic mass is 9.82. The Morgan fingerprint density at radius 2 is 1.33 bits per heavy atom. The number of rotatable bonds is 2. The molecule has 0 saturated carbocycles. The lowest BCUT2D eigenvalue weighted by Crippen LogP contribution is -2.24. The first-order chi connectivity index (χ1) is 12.9. The topological polar surface area (TPSA) is 116 Å². The van der Waals surface area contributed by atoms with Gasteiger partial charge >= 0.3 is 0 Å². The standard InChI is InChI=1S/C20H13ClN2O4/c21-15-16(22)13-14(19(26)12-4-2-1-3-11(12)18(13)25)17(23)20(15)27-10-7-5-9(24)6-8-10/h1-8,24H,22-23H2. The number of phenolic OH excluding ortho intramolecular Hbond substituents is 1. The summed E-state index contributed by atoms with van der Waals surface area (Å²) in [6, 6.07) is 12.3. The highest BCUT2D eigenvalue weighted by molar-refractivity contribution is 6.40. The normalized spacial score (nSPS) is 12.5. The molecule has 0 bridgehead atoms. The third-order valence-electron chi connectivity index (χ3n) is 4.40. The minimum absolute atomic E-state index is 0.0146. The van der Waals surface area contributed by atoms with Crippen LogP contribution in [0.25, 0.3) is 0 Å². The van der Waals surface area contributed by atoms with E-state index in [1.54, 1.807) is 24.3 Å². The molecule has 0 aliphatic heterocycles. The van der Waals surface area contributed by atoms with Gasteiger partial charge in [0.2, 0.25) is 0 Å². The molecular weight excluding hydrogens is 368 g/mol. The van der Waals surface area contributed by atoms with Gasteiger partial charge in [-0.3, -0.25) is 9.59 Å². The van der Waals surface area contributed by atoms with Gasteiger partial charge in [-0.1, -0.05) is 35.9 Å². The van der Waals surface area contributed by atoms with Crippen molar-refractivity contribution in [3.05, 3.63) is 75.8 Å². The minimum Gasteiger partial charge on any atom is -0.508 e. The van der Waals surface area contributed by atoms with E-state index in [2.05, 4.69) is 0 Å². The molecule has 0 unspecified atom stereocenters. The second-order valence-electron chi connectivity index (χ2n) is 6.02. The van der Waals surface area contributed by atoms with Gasteiger partial charge in [0.1, 0.15) is 16.5 Å². The van der Waals surface area contributed by atoms with Crippen molar-refractivity contribution in [3.63, 3.8) is 0 Å². The molecular formula is C20H13ClN2O4. The van der Waals surface area contributed by atoms with Crippen LogP contribution in [-0.4, -0.2) is 16.7 Å². The molecule has 1 aliphatic rings. The zero-order chi connectivity index (χ0) is 19.3. The van der Waals surface area contributed by atoms with Crippen molar-refractivity contribution >= 4 is 34.5 Å². The highest BCUT2D eigenvalue weighted by atomic mass is 35.5. The molecule has 0 fully saturated rings. The highest BCUT2D eigenvalue weighted by Gasteiger charge is 2.36. The Hall–Kier alpha value is -3.51. The summed E-state index contributed by atoms with van der Waals surface area (Å²) in [6.45, 7) is 0. The molecule has 3 aromatic carbocycles. The largest absolute Gasteiger partial charge is 0.508 e. The molecule has 3 aromatic rings. The van der Waals surface area contributed by atoms with Crippen molar-refractivity contribution in [3.8, 4) is 17.2 Å². The SMILES string of the molecule is Nc1c(Cl)c(Oc2ccc(O)cc2)c(N)c2c1C(=O)c1ccccc1C2=O. The molecule has 1 aliphatic carbocycles. The van der Waals surface area contributed by atoms with Crippen molar-refractivity contribution < 1.29 is 19.4 Å². The van der Waals surface area contributed by atoms with E-state index in [0.717, 1.165) is 0 Å². The summed E-state index contributed by atoms with van der Waals surface area (Å²) < 4.78 is 5.70. The number of aromatic hydroxyl groups is 1. The summed E-state index contributed by atoms with van der Waals surface area (Å²) in [5, 5.41) is 9.33. The molecule has 0 spiro atoms. The Bertz CT molecular complexity index is 1120. The van der Waals surface area contributed by atoms with Crippen LogP contribution < -0.4 is 16.2 Å². The minimum atomic E-state index is -0.420. The number of anilines is 2. The fraction of sp³-hybridized carbons (Fsp3) is 0. The molecule has 0 radical (unpaired) electrons. The van der Waals surface area contributed by atoms with Gasteiger partial charge in [0, 0.05) is 11.1 Å². The number of nitrogen functional groups attached to an aromatic ring is 2. The van der Waals surface area contributed by atoms with Crippen LogP contribution in [0.3, 0.4) is 0 Å². The summed E-state index contributed by atoms with van der Waals surface area (Å²) in [7, 11) is 0. The number of carbonyl (C=O) groups excluding carboxylic acids is 2. The molecule has 0 amide bonds. The monoisotopic (exact) mass is 380 g/mol. The lowest BCUT2D eigenvalue weighted by Gasteiger charge is -2.23. The van der Waals surface area contributed by atoms with Crippen LogP contribution in [0.15, 0.2) is 48.5 Å². The second-order valence-corrected chi connectivity index (χ2v) is 6.40. The Labute approximate surface area is 158 Å². The number of hydrogen-bond donors (Lipinski definition) is 3. The molecule has 7 heteroatoms. The molecule has 5 N–H and O–H groups in total. The van der Waals surface area contributed by atoms with Crippen LogP contribution in [0.2, 0.25) is 5.02 Å². The third-order valence-corrected chi connectivity index (χ3v) is 4.77. The van der Waals surface area contributed by atoms with Crippen LogP contribution in [0.4, 0.5) is 11.4 Å². The number of ether oxygens (including phenoxy) is 1. The van der Waals surface area contributed by atoms with Gasteiger partial charge in [-0.2, -0.15) is 0 Å². The first-order valence-corrected chi connectivity index (χ1v) is 8.33. The smallest absolute Gasteiger partial charge is 0.196 e. The summed E-state index contributed by atoms with van der Waals surface area (Å²) in [5.41, 5.74) is 12.6. The first-order valence-electron chi connectivity index (χ1n) is 7.96. The molecule has 0 atom stereocenters. The van der Waals surface area contributed by atoms with Crippen LogP contribution in [0.1, 0.15) is 31.8 Å². The summed E-state index contributed by atoms with van der Waals surface area (Å²) in [5.74, 6) is -0.460. The Balaban J connectivity index is 1.93. The lowest BCUT2D eigenvalue weighted by molar-refractivity contribution is 0.0980. The van der Waals surface area contributed by atoms with Gasteiger partial charge < -0.3 is 21.3 Å². The van der Waals surface area contributed by atoms with Crippen molar-refractivity contribution in [2.24, 2.45) is 0 Å². The molecule has 4 rings (SSSR count). The van der Waals surface area contributed by atoms with E-state index in [0.29, 0.717) is 5.75 Å². The number of hydrogen-bond acceptors (Lipinski definition) is 6. The summed E-state index contributed by atoms with van der Waals surface area (Å²) >= 11 is 6.31. The average molecular weight is 381 g/mol. The number of nitrogens with two attached hydrogens (primary N) is 2. The third kappa shape index (κ3) is 2.50. The van der Waals surface area contributed by atoms with Crippen molar-refractivity contribution in [1.29, 1.82) is 0 Å². The maximum Gasteiger partial charge on any atom is 0.196 e. The van der Waals surface area contributed by atoms with Gasteiger partial charge in [-0.25, -0.2) is 0 Å². The molecule has 0 heterocycles. The average Bonchev–Trinajstić information content (AvgIpc) is 2.67. The number of phenols is 1. The summed E-state index contributed by atoms with van der Waals surface area (Å²) in [6.07, 6.45) is 0. The van der Waals surface area contributed by atoms with Crippen molar-refractivity contribution in [1.82, 2.24) is 0 Å². The first kappa shape index (κ1) is 16.9. The maximum atomic E-state index is 13.0. The summed E-state index contributed by atoms with van der Waals surface area (Å²) in [4.78, 5) is 25.8. The molecule has 0 aromatic heterocycles. The van der Waals surface area contributed by atoms with Gasteiger partial charge in [0.05, 0.1) is 22.5 Å². The van der Waals surface area contributed by atoms with Crippen LogP contribution in [-0.2, 0) is 0 Å². The van der Waals surface area contributed by atoms with E-state index in [9.17, 15) is 14.7 Å². The predicted octanol–water partition coefficient (Wildman–Crippen LogP) is 3.78. The molecule has 0 saturated heterocycles. The van der Waals surface area contributed by atoms with E-state index in [-0.39, 0.29) is 50.2 Å². The van der Waals surface area contributed by atoms with E-state index in [1.807, 2.05) is 0 Å². The fourth-order valence-corrected chi connectivity index (χ4v) is 3.32. The molecule has 6 nitrogen and oxygen atoms in total. The number of carbonyl (C=O) groups is 2. The van der Waals surface area contributed by atoms with Crippen LogP contribution in [0.5, 0.6) is 17.2 Å². The number of fused-ring (bicyclic) bond motifs is 2. The Kier molecular flexibility index (Phi) is 3.78. The predicted molar refractivity (Wildman–Crippen MR) is 102 cm³/mol. The van der Waals surface area contributed by atoms with Gasteiger partial charge in [0.25, 0.3) is 0 Å². The van der Waals surface area contributed by atoms with Crippen molar-refractivity contribution in [2.75, 3.05) is 11.5 Å². The Morgan fingerprint density at radius 3 is 1.89 bits per heavy atom. The van der Waals surface area contributed by atoms with Gasteiger partial charge in [0.15, 0.2) is 17.3 Å². The number of ketones is 2. The molecule has 134 valence electrons. The van der Waals surface area contributed by atoms with E-state index in [1.165, 1.54) is 24.3 Å². The van der Waals surface area contributed by atoms with Crippen LogP contribution >= 0.6 is 11.6 Å². The quantitative estimate of drug-likeness (QED) is 0.456. The van der Waals surface area contributed by atoms with E-state index < -0.39 is 11.6 Å².